The zero-order chi connectivity index (χ0) is 16.5. The largest absolute Gasteiger partial charge is 0.493 e. The summed E-state index contributed by atoms with van der Waals surface area (Å²) < 4.78 is 15.9. The maximum absolute atomic E-state index is 12.0. The predicted octanol–water partition coefficient (Wildman–Crippen LogP) is 2.38. The fraction of sp³-hybridized carbons (Fsp3) is 0.562. The van der Waals surface area contributed by atoms with Gasteiger partial charge in [0.1, 0.15) is 0 Å². The number of rotatable bonds is 9. The Morgan fingerprint density at radius 1 is 1.05 bits per heavy atom. The van der Waals surface area contributed by atoms with Crippen molar-refractivity contribution < 1.29 is 19.0 Å². The number of carbonyl (C=O) groups is 1. The molecular weight excluding hydrogens is 284 g/mol. The van der Waals surface area contributed by atoms with Crippen molar-refractivity contribution in [3.05, 3.63) is 12.1 Å². The van der Waals surface area contributed by atoms with E-state index in [1.165, 1.54) is 0 Å². The molecule has 6 nitrogen and oxygen atoms in total. The van der Waals surface area contributed by atoms with Gasteiger partial charge in [-0.05, 0) is 13.8 Å². The molecule has 0 aliphatic rings. The number of carbonyl (C=O) groups excluding carboxylic acids is 1. The number of anilines is 1. The molecule has 22 heavy (non-hydrogen) atoms. The van der Waals surface area contributed by atoms with Crippen LogP contribution in [0.15, 0.2) is 12.1 Å². The standard InChI is InChI=1S/C16H26N2O4/c1-6-18(7-2)15(19)8-9-17-12-10-13(20-3)16(22-5)14(11-12)21-4/h10-11,17H,6-9H2,1-5H3. The van der Waals surface area contributed by atoms with E-state index < -0.39 is 0 Å². The second-order valence-electron chi connectivity index (χ2n) is 4.66. The number of hydrogen-bond acceptors (Lipinski definition) is 5. The third kappa shape index (κ3) is 4.44. The highest BCUT2D eigenvalue weighted by Crippen LogP contribution is 2.39. The van der Waals surface area contributed by atoms with Crippen molar-refractivity contribution in [1.82, 2.24) is 4.90 Å². The minimum atomic E-state index is 0.143. The monoisotopic (exact) mass is 310 g/mol. The first-order valence-corrected chi connectivity index (χ1v) is 7.42. The SMILES string of the molecule is CCN(CC)C(=O)CCNc1cc(OC)c(OC)c(OC)c1. The normalized spacial score (nSPS) is 10.0. The number of benzene rings is 1. The summed E-state index contributed by atoms with van der Waals surface area (Å²) >= 11 is 0. The molecule has 6 heteroatoms. The molecule has 0 unspecified atom stereocenters. The quantitative estimate of drug-likeness (QED) is 0.759. The van der Waals surface area contributed by atoms with Gasteiger partial charge in [0.25, 0.3) is 0 Å². The summed E-state index contributed by atoms with van der Waals surface area (Å²) in [4.78, 5) is 13.8. The second-order valence-corrected chi connectivity index (χ2v) is 4.66. The maximum Gasteiger partial charge on any atom is 0.224 e. The molecule has 1 rings (SSSR count). The molecule has 1 aromatic carbocycles. The Kier molecular flexibility index (Phi) is 7.36. The van der Waals surface area contributed by atoms with Gasteiger partial charge in [-0.25, -0.2) is 0 Å². The molecule has 1 aromatic rings. The molecule has 0 fully saturated rings. The van der Waals surface area contributed by atoms with Crippen molar-refractivity contribution in [2.75, 3.05) is 46.3 Å². The summed E-state index contributed by atoms with van der Waals surface area (Å²) in [5, 5.41) is 3.22. The van der Waals surface area contributed by atoms with Crippen LogP contribution in [0.3, 0.4) is 0 Å². The van der Waals surface area contributed by atoms with E-state index in [1.807, 2.05) is 30.9 Å². The number of methoxy groups -OCH3 is 3. The third-order valence-corrected chi connectivity index (χ3v) is 3.45. The van der Waals surface area contributed by atoms with Crippen LogP contribution in [0.5, 0.6) is 17.2 Å². The van der Waals surface area contributed by atoms with Crippen LogP contribution >= 0.6 is 0 Å². The van der Waals surface area contributed by atoms with E-state index in [2.05, 4.69) is 5.32 Å². The van der Waals surface area contributed by atoms with Crippen LogP contribution in [-0.2, 0) is 4.79 Å². The minimum absolute atomic E-state index is 0.143. The highest BCUT2D eigenvalue weighted by Gasteiger charge is 2.14. The lowest BCUT2D eigenvalue weighted by Crippen LogP contribution is -2.31. The molecule has 0 saturated heterocycles. The Labute approximate surface area is 132 Å². The topological polar surface area (TPSA) is 60.0 Å². The van der Waals surface area contributed by atoms with Crippen LogP contribution in [0.4, 0.5) is 5.69 Å². The highest BCUT2D eigenvalue weighted by atomic mass is 16.5. The zero-order valence-electron chi connectivity index (χ0n) is 14.1. The molecular formula is C16H26N2O4. The number of hydrogen-bond donors (Lipinski definition) is 1. The van der Waals surface area contributed by atoms with Gasteiger partial charge in [0.2, 0.25) is 11.7 Å². The van der Waals surface area contributed by atoms with Gasteiger partial charge >= 0.3 is 0 Å². The number of amides is 1. The maximum atomic E-state index is 12.0. The molecule has 0 aromatic heterocycles. The summed E-state index contributed by atoms with van der Waals surface area (Å²) in [6.45, 7) is 5.98. The molecule has 0 atom stereocenters. The molecule has 0 heterocycles. The third-order valence-electron chi connectivity index (χ3n) is 3.45. The zero-order valence-corrected chi connectivity index (χ0v) is 14.1. The summed E-state index contributed by atoms with van der Waals surface area (Å²) in [7, 11) is 4.71. The number of nitrogens with one attached hydrogen (secondary N) is 1. The van der Waals surface area contributed by atoms with Crippen molar-refractivity contribution in [2.45, 2.75) is 20.3 Å². The minimum Gasteiger partial charge on any atom is -0.493 e. The first kappa shape index (κ1) is 17.9. The van der Waals surface area contributed by atoms with E-state index in [0.717, 1.165) is 18.8 Å². The van der Waals surface area contributed by atoms with Crippen LogP contribution in [0.1, 0.15) is 20.3 Å². The van der Waals surface area contributed by atoms with E-state index in [9.17, 15) is 4.79 Å². The van der Waals surface area contributed by atoms with Gasteiger partial charge in [-0.2, -0.15) is 0 Å². The van der Waals surface area contributed by atoms with Crippen LogP contribution in [-0.4, -0.2) is 51.8 Å². The van der Waals surface area contributed by atoms with Gasteiger partial charge in [-0.3, -0.25) is 4.79 Å². The van der Waals surface area contributed by atoms with Crippen molar-refractivity contribution >= 4 is 11.6 Å². The van der Waals surface area contributed by atoms with Gasteiger partial charge in [0.15, 0.2) is 11.5 Å². The molecule has 0 bridgehead atoms. The van der Waals surface area contributed by atoms with Crippen molar-refractivity contribution in [1.29, 1.82) is 0 Å². The van der Waals surface area contributed by atoms with E-state index in [0.29, 0.717) is 30.2 Å². The molecule has 1 N–H and O–H groups in total. The van der Waals surface area contributed by atoms with E-state index in [-0.39, 0.29) is 5.91 Å². The van der Waals surface area contributed by atoms with Crippen LogP contribution in [0.2, 0.25) is 0 Å². The van der Waals surface area contributed by atoms with Crippen molar-refractivity contribution in [2.24, 2.45) is 0 Å². The summed E-state index contributed by atoms with van der Waals surface area (Å²) in [5.74, 6) is 1.86. The number of ether oxygens (including phenoxy) is 3. The first-order chi connectivity index (χ1) is 10.6. The van der Waals surface area contributed by atoms with Gasteiger partial charge < -0.3 is 24.4 Å². The Hall–Kier alpha value is -2.11. The average Bonchev–Trinajstić information content (AvgIpc) is 2.54. The summed E-state index contributed by atoms with van der Waals surface area (Å²) in [6.07, 6.45) is 0.443. The Balaban J connectivity index is 2.72. The van der Waals surface area contributed by atoms with Gasteiger partial charge in [0.05, 0.1) is 21.3 Å². The van der Waals surface area contributed by atoms with Crippen LogP contribution < -0.4 is 19.5 Å². The lowest BCUT2D eigenvalue weighted by molar-refractivity contribution is -0.130. The average molecular weight is 310 g/mol. The van der Waals surface area contributed by atoms with E-state index in [1.54, 1.807) is 21.3 Å². The van der Waals surface area contributed by atoms with Crippen molar-refractivity contribution in [3.63, 3.8) is 0 Å². The highest BCUT2D eigenvalue weighted by molar-refractivity contribution is 5.76. The van der Waals surface area contributed by atoms with E-state index in [4.69, 9.17) is 14.2 Å². The van der Waals surface area contributed by atoms with Gasteiger partial charge in [0, 0.05) is 43.9 Å². The molecule has 0 radical (unpaired) electrons. The van der Waals surface area contributed by atoms with Crippen molar-refractivity contribution in [3.8, 4) is 17.2 Å². The van der Waals surface area contributed by atoms with E-state index >= 15 is 0 Å². The molecule has 0 spiro atoms. The van der Waals surface area contributed by atoms with Crippen LogP contribution in [0, 0.1) is 0 Å². The molecule has 0 aliphatic heterocycles. The Morgan fingerprint density at radius 2 is 1.59 bits per heavy atom. The Morgan fingerprint density at radius 3 is 2.00 bits per heavy atom. The first-order valence-electron chi connectivity index (χ1n) is 7.42. The fourth-order valence-corrected chi connectivity index (χ4v) is 2.23. The second kappa shape index (κ2) is 9.02. The molecule has 0 aliphatic carbocycles. The summed E-state index contributed by atoms with van der Waals surface area (Å²) in [5.41, 5.74) is 0.821. The van der Waals surface area contributed by atoms with Crippen LogP contribution in [0.25, 0.3) is 0 Å². The molecule has 1 amide bonds. The summed E-state index contributed by atoms with van der Waals surface area (Å²) in [6, 6.07) is 3.65. The van der Waals surface area contributed by atoms with Gasteiger partial charge in [-0.15, -0.1) is 0 Å². The van der Waals surface area contributed by atoms with Gasteiger partial charge in [-0.1, -0.05) is 0 Å². The predicted molar refractivity (Wildman–Crippen MR) is 87.1 cm³/mol. The number of nitrogens with zero attached hydrogens (tertiary/aromatic N) is 1. The smallest absolute Gasteiger partial charge is 0.224 e. The fourth-order valence-electron chi connectivity index (χ4n) is 2.23. The lowest BCUT2D eigenvalue weighted by atomic mass is 10.2. The molecule has 0 saturated carbocycles. The Bertz CT molecular complexity index is 462. The lowest BCUT2D eigenvalue weighted by Gasteiger charge is -2.19. The molecule has 124 valence electrons.